The van der Waals surface area contributed by atoms with Crippen LogP contribution in [-0.4, -0.2) is 5.92 Å². The van der Waals surface area contributed by atoms with E-state index in [1.165, 1.54) is 75.5 Å². The summed E-state index contributed by atoms with van der Waals surface area (Å²) in [5.41, 5.74) is 3.38. The van der Waals surface area contributed by atoms with Crippen molar-refractivity contribution in [3.05, 3.63) is 59.7 Å². The van der Waals surface area contributed by atoms with Gasteiger partial charge >= 0.3 is 0 Å². The van der Waals surface area contributed by atoms with Crippen LogP contribution in [0.2, 0.25) is 0 Å². The third kappa shape index (κ3) is 6.12. The van der Waals surface area contributed by atoms with Crippen LogP contribution in [-0.2, 0) is 0 Å². The van der Waals surface area contributed by atoms with Gasteiger partial charge in [-0.05, 0) is 59.8 Å². The van der Waals surface area contributed by atoms with E-state index in [2.05, 4.69) is 31.2 Å². The lowest BCUT2D eigenvalue weighted by Gasteiger charge is -2.29. The van der Waals surface area contributed by atoms with Crippen molar-refractivity contribution in [1.29, 1.82) is 0 Å². The maximum atomic E-state index is 13.8. The Hall–Kier alpha value is -1.77. The molecular formula is C27H35F3. The molecule has 0 amide bonds. The fraction of sp³-hybridized carbons (Fsp3) is 0.556. The zero-order valence-corrected chi connectivity index (χ0v) is 18.3. The molecule has 0 heterocycles. The van der Waals surface area contributed by atoms with Gasteiger partial charge in [-0.25, -0.2) is 13.2 Å². The highest BCUT2D eigenvalue weighted by atomic mass is 19.3. The van der Waals surface area contributed by atoms with Crippen molar-refractivity contribution in [2.45, 2.75) is 89.6 Å². The summed E-state index contributed by atoms with van der Waals surface area (Å²) in [5, 5.41) is 0. The fourth-order valence-electron chi connectivity index (χ4n) is 4.73. The second-order valence-electron chi connectivity index (χ2n) is 9.13. The summed E-state index contributed by atoms with van der Waals surface area (Å²) in [7, 11) is 0. The molecule has 0 N–H and O–H groups in total. The highest BCUT2D eigenvalue weighted by molar-refractivity contribution is 5.64. The molecule has 0 aliphatic heterocycles. The number of hydrogen-bond acceptors (Lipinski definition) is 0. The summed E-state index contributed by atoms with van der Waals surface area (Å²) in [6.07, 6.45) is 9.79. The SMILES string of the molecule is CCCCCC[C@H]1CC[C@H](c2ccc(-c3ccc(C(F)C(C)(F)F)cc3)cc2)CC1. The summed E-state index contributed by atoms with van der Waals surface area (Å²) < 4.78 is 40.2. The van der Waals surface area contributed by atoms with Crippen molar-refractivity contribution in [1.82, 2.24) is 0 Å². The lowest BCUT2D eigenvalue weighted by Crippen LogP contribution is -2.18. The molecule has 1 unspecified atom stereocenters. The summed E-state index contributed by atoms with van der Waals surface area (Å²) in [6, 6.07) is 15.0. The number of alkyl halides is 3. The lowest BCUT2D eigenvalue weighted by atomic mass is 9.77. The van der Waals surface area contributed by atoms with Crippen LogP contribution in [0.25, 0.3) is 11.1 Å². The summed E-state index contributed by atoms with van der Waals surface area (Å²) in [4.78, 5) is 0. The van der Waals surface area contributed by atoms with Crippen molar-refractivity contribution in [2.24, 2.45) is 5.92 Å². The highest BCUT2D eigenvalue weighted by Crippen LogP contribution is 2.39. The monoisotopic (exact) mass is 416 g/mol. The topological polar surface area (TPSA) is 0 Å². The van der Waals surface area contributed by atoms with E-state index < -0.39 is 12.1 Å². The van der Waals surface area contributed by atoms with Crippen molar-refractivity contribution >= 4 is 0 Å². The van der Waals surface area contributed by atoms with Gasteiger partial charge < -0.3 is 0 Å². The molecule has 1 aliphatic carbocycles. The largest absolute Gasteiger partial charge is 0.280 e. The van der Waals surface area contributed by atoms with E-state index in [1.54, 1.807) is 12.1 Å². The van der Waals surface area contributed by atoms with Crippen LogP contribution in [0.3, 0.4) is 0 Å². The quantitative estimate of drug-likeness (QED) is 0.357. The summed E-state index contributed by atoms with van der Waals surface area (Å²) in [6.45, 7) is 2.88. The first-order chi connectivity index (χ1) is 14.4. The van der Waals surface area contributed by atoms with E-state index in [1.807, 2.05) is 0 Å². The van der Waals surface area contributed by atoms with Crippen LogP contribution in [0.15, 0.2) is 48.5 Å². The van der Waals surface area contributed by atoms with Crippen LogP contribution in [0.5, 0.6) is 0 Å². The van der Waals surface area contributed by atoms with Crippen molar-refractivity contribution in [2.75, 3.05) is 0 Å². The Balaban J connectivity index is 1.54. The summed E-state index contributed by atoms with van der Waals surface area (Å²) in [5.74, 6) is -1.81. The van der Waals surface area contributed by atoms with Gasteiger partial charge in [0.15, 0.2) is 6.17 Å². The molecule has 0 aromatic heterocycles. The normalized spacial score (nSPS) is 20.8. The highest BCUT2D eigenvalue weighted by Gasteiger charge is 2.35. The van der Waals surface area contributed by atoms with Crippen LogP contribution in [0.1, 0.15) is 94.9 Å². The molecule has 1 aliphatic rings. The maximum Gasteiger partial charge on any atom is 0.280 e. The van der Waals surface area contributed by atoms with Gasteiger partial charge in [-0.2, -0.15) is 0 Å². The Morgan fingerprint density at radius 2 is 1.40 bits per heavy atom. The molecule has 3 heteroatoms. The van der Waals surface area contributed by atoms with Gasteiger partial charge in [-0.1, -0.05) is 87.6 Å². The molecule has 0 radical (unpaired) electrons. The van der Waals surface area contributed by atoms with Crippen LogP contribution >= 0.6 is 0 Å². The standard InChI is InChI=1S/C27H35F3/c1-3-4-5-6-7-20-8-10-21(11-9-20)22-12-14-23(15-13-22)24-16-18-25(19-17-24)26(28)27(2,29)30/h12-21,26H,3-11H2,1-2H3/t20-,21-,26?. The smallest absolute Gasteiger partial charge is 0.236 e. The first kappa shape index (κ1) is 22.9. The predicted molar refractivity (Wildman–Crippen MR) is 120 cm³/mol. The fourth-order valence-corrected chi connectivity index (χ4v) is 4.73. The first-order valence-electron chi connectivity index (χ1n) is 11.6. The van der Waals surface area contributed by atoms with Crippen LogP contribution in [0, 0.1) is 5.92 Å². The van der Waals surface area contributed by atoms with Crippen molar-refractivity contribution < 1.29 is 13.2 Å². The zero-order chi connectivity index (χ0) is 21.6. The number of benzene rings is 2. The minimum Gasteiger partial charge on any atom is -0.236 e. The Labute approximate surface area is 179 Å². The van der Waals surface area contributed by atoms with Gasteiger partial charge in [0.05, 0.1) is 0 Å². The first-order valence-corrected chi connectivity index (χ1v) is 11.6. The number of hydrogen-bond donors (Lipinski definition) is 0. The van der Waals surface area contributed by atoms with E-state index in [9.17, 15) is 13.2 Å². The molecule has 2 aromatic carbocycles. The molecule has 0 nitrogen and oxygen atoms in total. The maximum absolute atomic E-state index is 13.8. The van der Waals surface area contributed by atoms with Crippen LogP contribution in [0.4, 0.5) is 13.2 Å². The molecule has 0 saturated heterocycles. The molecule has 0 spiro atoms. The van der Waals surface area contributed by atoms with E-state index in [-0.39, 0.29) is 5.56 Å². The Morgan fingerprint density at radius 1 is 0.833 bits per heavy atom. The second kappa shape index (κ2) is 10.5. The molecule has 30 heavy (non-hydrogen) atoms. The number of halogens is 3. The predicted octanol–water partition coefficient (Wildman–Crippen LogP) is 9.26. The molecule has 164 valence electrons. The minimum atomic E-state index is -3.36. The average Bonchev–Trinajstić information content (AvgIpc) is 2.76. The summed E-state index contributed by atoms with van der Waals surface area (Å²) >= 11 is 0. The van der Waals surface area contributed by atoms with Gasteiger partial charge in [-0.15, -0.1) is 0 Å². The third-order valence-corrected chi connectivity index (χ3v) is 6.68. The molecule has 2 aromatic rings. The number of unbranched alkanes of at least 4 members (excludes halogenated alkanes) is 3. The van der Waals surface area contributed by atoms with E-state index in [4.69, 9.17) is 0 Å². The Bertz CT molecular complexity index is 750. The van der Waals surface area contributed by atoms with Gasteiger partial charge in [0.2, 0.25) is 0 Å². The molecular weight excluding hydrogens is 381 g/mol. The molecule has 3 rings (SSSR count). The van der Waals surface area contributed by atoms with Crippen LogP contribution < -0.4 is 0 Å². The lowest BCUT2D eigenvalue weighted by molar-refractivity contribution is -0.0566. The second-order valence-corrected chi connectivity index (χ2v) is 9.13. The van der Waals surface area contributed by atoms with Gasteiger partial charge in [0.1, 0.15) is 0 Å². The molecule has 0 bridgehead atoms. The molecule has 1 atom stereocenters. The molecule has 1 fully saturated rings. The number of rotatable bonds is 9. The molecule has 1 saturated carbocycles. The van der Waals surface area contributed by atoms with E-state index >= 15 is 0 Å². The van der Waals surface area contributed by atoms with Gasteiger partial charge in [0, 0.05) is 6.92 Å². The van der Waals surface area contributed by atoms with E-state index in [0.29, 0.717) is 12.8 Å². The Kier molecular flexibility index (Phi) is 8.02. The van der Waals surface area contributed by atoms with Gasteiger partial charge in [0.25, 0.3) is 5.92 Å². The van der Waals surface area contributed by atoms with Gasteiger partial charge in [-0.3, -0.25) is 0 Å². The third-order valence-electron chi connectivity index (χ3n) is 6.68. The van der Waals surface area contributed by atoms with E-state index in [0.717, 1.165) is 17.0 Å². The van der Waals surface area contributed by atoms with Crippen molar-refractivity contribution in [3.8, 4) is 11.1 Å². The Morgan fingerprint density at radius 3 is 1.93 bits per heavy atom. The van der Waals surface area contributed by atoms with Crippen molar-refractivity contribution in [3.63, 3.8) is 0 Å². The zero-order valence-electron chi connectivity index (χ0n) is 18.3. The minimum absolute atomic E-state index is 0.0225. The average molecular weight is 417 g/mol.